The third-order valence-electron chi connectivity index (χ3n) is 4.34. The van der Waals surface area contributed by atoms with Gasteiger partial charge in [-0.1, -0.05) is 31.5 Å². The lowest BCUT2D eigenvalue weighted by Gasteiger charge is -2.36. The Bertz CT molecular complexity index is 313. The Labute approximate surface area is 115 Å². The highest BCUT2D eigenvalue weighted by molar-refractivity contribution is 7.80. The van der Waals surface area contributed by atoms with Gasteiger partial charge in [0.1, 0.15) is 0 Å². The van der Waals surface area contributed by atoms with Crippen molar-refractivity contribution in [3.05, 3.63) is 0 Å². The fourth-order valence-electron chi connectivity index (χ4n) is 3.28. The molecule has 1 saturated carbocycles. The number of thiocarbonyl (C=S) groups is 1. The number of amides is 1. The average Bonchev–Trinajstić information content (AvgIpc) is 2.40. The number of carbonyl (C=O) groups excluding carboxylic acids is 1. The molecule has 1 heterocycles. The lowest BCUT2D eigenvalue weighted by atomic mass is 9.86. The Hall–Kier alpha value is -0.640. The van der Waals surface area contributed by atoms with Crippen molar-refractivity contribution in [2.24, 2.45) is 11.7 Å². The summed E-state index contributed by atoms with van der Waals surface area (Å²) in [7, 11) is 0. The van der Waals surface area contributed by atoms with Gasteiger partial charge in [-0.2, -0.15) is 0 Å². The van der Waals surface area contributed by atoms with Gasteiger partial charge in [-0.05, 0) is 38.0 Å². The predicted molar refractivity (Wildman–Crippen MR) is 77.3 cm³/mol. The van der Waals surface area contributed by atoms with Crippen LogP contribution in [0.3, 0.4) is 0 Å². The van der Waals surface area contributed by atoms with Crippen molar-refractivity contribution < 1.29 is 4.79 Å². The molecule has 1 aliphatic heterocycles. The first kappa shape index (κ1) is 13.8. The summed E-state index contributed by atoms with van der Waals surface area (Å²) in [6.45, 7) is 0.841. The van der Waals surface area contributed by atoms with E-state index in [9.17, 15) is 4.79 Å². The van der Waals surface area contributed by atoms with E-state index in [1.165, 1.54) is 32.1 Å². The van der Waals surface area contributed by atoms with Gasteiger partial charge in [0.05, 0.1) is 11.0 Å². The molecule has 0 aromatic carbocycles. The molecule has 0 aromatic rings. The second-order valence-electron chi connectivity index (χ2n) is 5.71. The van der Waals surface area contributed by atoms with E-state index in [1.807, 2.05) is 4.90 Å². The van der Waals surface area contributed by atoms with Crippen LogP contribution in [0.4, 0.5) is 0 Å². The van der Waals surface area contributed by atoms with E-state index in [0.29, 0.717) is 17.3 Å². The summed E-state index contributed by atoms with van der Waals surface area (Å²) >= 11 is 5.10. The lowest BCUT2D eigenvalue weighted by molar-refractivity contribution is -0.134. The van der Waals surface area contributed by atoms with Gasteiger partial charge < -0.3 is 10.6 Å². The van der Waals surface area contributed by atoms with Crippen LogP contribution in [0.1, 0.15) is 57.8 Å². The molecule has 1 saturated heterocycles. The maximum Gasteiger partial charge on any atom is 0.223 e. The Balaban J connectivity index is 1.91. The normalized spacial score (nSPS) is 26.0. The van der Waals surface area contributed by atoms with Crippen LogP contribution in [0.5, 0.6) is 0 Å². The van der Waals surface area contributed by atoms with Crippen LogP contribution in [-0.4, -0.2) is 28.4 Å². The van der Waals surface area contributed by atoms with E-state index in [0.717, 1.165) is 25.8 Å². The van der Waals surface area contributed by atoms with E-state index >= 15 is 0 Å². The first-order valence-electron chi connectivity index (χ1n) is 7.27. The zero-order valence-electron chi connectivity index (χ0n) is 11.1. The van der Waals surface area contributed by atoms with Gasteiger partial charge in [-0.25, -0.2) is 0 Å². The fraction of sp³-hybridized carbons (Fsp3) is 0.857. The molecule has 1 unspecified atom stereocenters. The highest BCUT2D eigenvalue weighted by Gasteiger charge is 2.30. The molecule has 18 heavy (non-hydrogen) atoms. The summed E-state index contributed by atoms with van der Waals surface area (Å²) in [4.78, 5) is 14.8. The summed E-state index contributed by atoms with van der Waals surface area (Å²) in [6.07, 6.45) is 10.2. The fourth-order valence-corrected chi connectivity index (χ4v) is 3.53. The minimum Gasteiger partial charge on any atom is -0.392 e. The smallest absolute Gasteiger partial charge is 0.223 e. The summed E-state index contributed by atoms with van der Waals surface area (Å²) in [6, 6.07) is 0.0184. The molecular weight excluding hydrogens is 244 g/mol. The van der Waals surface area contributed by atoms with Gasteiger partial charge in [0.2, 0.25) is 5.91 Å². The molecule has 1 aliphatic carbocycles. The molecular formula is C14H24N2OS. The number of hydrogen-bond donors (Lipinski definition) is 1. The molecule has 0 aromatic heterocycles. The zero-order chi connectivity index (χ0) is 13.0. The summed E-state index contributed by atoms with van der Waals surface area (Å²) in [5, 5.41) is 0. The third-order valence-corrected chi connectivity index (χ3v) is 4.61. The van der Waals surface area contributed by atoms with E-state index in [-0.39, 0.29) is 11.9 Å². The SMILES string of the molecule is NC(=S)C1CCCCN1C(=O)CC1CCCCC1. The van der Waals surface area contributed by atoms with Crippen molar-refractivity contribution in [2.45, 2.75) is 63.8 Å². The van der Waals surface area contributed by atoms with Crippen molar-refractivity contribution >= 4 is 23.1 Å². The highest BCUT2D eigenvalue weighted by Crippen LogP contribution is 2.28. The number of rotatable bonds is 3. The number of likely N-dealkylation sites (tertiary alicyclic amines) is 1. The Kier molecular flexibility index (Phi) is 4.98. The van der Waals surface area contributed by atoms with Crippen LogP contribution in [0.15, 0.2) is 0 Å². The van der Waals surface area contributed by atoms with Crippen LogP contribution in [-0.2, 0) is 4.79 Å². The van der Waals surface area contributed by atoms with Crippen molar-refractivity contribution in [3.63, 3.8) is 0 Å². The van der Waals surface area contributed by atoms with Gasteiger partial charge in [0.15, 0.2) is 0 Å². The summed E-state index contributed by atoms with van der Waals surface area (Å²) in [5.74, 6) is 0.875. The first-order valence-corrected chi connectivity index (χ1v) is 7.68. The lowest BCUT2D eigenvalue weighted by Crippen LogP contribution is -2.50. The van der Waals surface area contributed by atoms with Crippen molar-refractivity contribution in [1.29, 1.82) is 0 Å². The van der Waals surface area contributed by atoms with Crippen molar-refractivity contribution in [1.82, 2.24) is 4.90 Å². The molecule has 2 aliphatic rings. The van der Waals surface area contributed by atoms with E-state index < -0.39 is 0 Å². The quantitative estimate of drug-likeness (QED) is 0.800. The van der Waals surface area contributed by atoms with Gasteiger partial charge in [-0.15, -0.1) is 0 Å². The van der Waals surface area contributed by atoms with Crippen LogP contribution in [0, 0.1) is 5.92 Å². The topological polar surface area (TPSA) is 46.3 Å². The number of carbonyl (C=O) groups is 1. The summed E-state index contributed by atoms with van der Waals surface area (Å²) in [5.41, 5.74) is 5.77. The molecule has 102 valence electrons. The standard InChI is InChI=1S/C14H24N2OS/c15-14(18)12-8-4-5-9-16(12)13(17)10-11-6-2-1-3-7-11/h11-12H,1-10H2,(H2,15,18). The molecule has 3 nitrogen and oxygen atoms in total. The minimum atomic E-state index is 0.0184. The number of piperidine rings is 1. The second kappa shape index (κ2) is 6.50. The van der Waals surface area contributed by atoms with Gasteiger partial charge in [0, 0.05) is 13.0 Å². The monoisotopic (exact) mass is 268 g/mol. The van der Waals surface area contributed by atoms with Crippen molar-refractivity contribution in [2.75, 3.05) is 6.54 Å². The number of nitrogens with zero attached hydrogens (tertiary/aromatic N) is 1. The van der Waals surface area contributed by atoms with E-state index in [1.54, 1.807) is 0 Å². The number of hydrogen-bond acceptors (Lipinski definition) is 2. The average molecular weight is 268 g/mol. The zero-order valence-corrected chi connectivity index (χ0v) is 11.9. The molecule has 2 N–H and O–H groups in total. The second-order valence-corrected chi connectivity index (χ2v) is 6.18. The van der Waals surface area contributed by atoms with E-state index in [2.05, 4.69) is 0 Å². The molecule has 1 atom stereocenters. The predicted octanol–water partition coefficient (Wildman–Crippen LogP) is 2.62. The van der Waals surface area contributed by atoms with Gasteiger partial charge >= 0.3 is 0 Å². The Morgan fingerprint density at radius 2 is 1.78 bits per heavy atom. The molecule has 1 amide bonds. The maximum atomic E-state index is 12.4. The third kappa shape index (κ3) is 3.44. The van der Waals surface area contributed by atoms with Crippen LogP contribution in [0.25, 0.3) is 0 Å². The molecule has 4 heteroatoms. The largest absolute Gasteiger partial charge is 0.392 e. The first-order chi connectivity index (χ1) is 8.68. The maximum absolute atomic E-state index is 12.4. The van der Waals surface area contributed by atoms with Crippen LogP contribution in [0.2, 0.25) is 0 Å². The van der Waals surface area contributed by atoms with Crippen LogP contribution < -0.4 is 5.73 Å². The minimum absolute atomic E-state index is 0.0184. The molecule has 0 radical (unpaired) electrons. The van der Waals surface area contributed by atoms with Gasteiger partial charge in [0.25, 0.3) is 0 Å². The number of nitrogens with two attached hydrogens (primary N) is 1. The van der Waals surface area contributed by atoms with Crippen LogP contribution >= 0.6 is 12.2 Å². The highest BCUT2D eigenvalue weighted by atomic mass is 32.1. The molecule has 2 fully saturated rings. The molecule has 2 rings (SSSR count). The van der Waals surface area contributed by atoms with Crippen molar-refractivity contribution in [3.8, 4) is 0 Å². The van der Waals surface area contributed by atoms with E-state index in [4.69, 9.17) is 18.0 Å². The molecule has 0 bridgehead atoms. The van der Waals surface area contributed by atoms with Gasteiger partial charge in [-0.3, -0.25) is 4.79 Å². The Morgan fingerprint density at radius 1 is 1.11 bits per heavy atom. The summed E-state index contributed by atoms with van der Waals surface area (Å²) < 4.78 is 0. The molecule has 0 spiro atoms. The Morgan fingerprint density at radius 3 is 2.44 bits per heavy atom.